The van der Waals surface area contributed by atoms with Gasteiger partial charge in [-0.1, -0.05) is 17.7 Å². The van der Waals surface area contributed by atoms with Crippen molar-refractivity contribution in [3.05, 3.63) is 47.3 Å². The number of amides is 2. The summed E-state index contributed by atoms with van der Waals surface area (Å²) in [7, 11) is 1.77. The molecule has 0 saturated heterocycles. The largest absolute Gasteiger partial charge is 0.386 e. The zero-order valence-electron chi connectivity index (χ0n) is 12.4. The number of aryl methyl sites for hydroxylation is 3. The van der Waals surface area contributed by atoms with Crippen molar-refractivity contribution >= 4 is 11.7 Å². The Hall–Kier alpha value is -2.34. The summed E-state index contributed by atoms with van der Waals surface area (Å²) in [6.45, 7) is 4.07. The summed E-state index contributed by atoms with van der Waals surface area (Å²) in [6.07, 6.45) is 2.52. The number of hydrogen-bond acceptors (Lipinski definition) is 3. The van der Waals surface area contributed by atoms with Crippen LogP contribution in [0.5, 0.6) is 0 Å². The van der Waals surface area contributed by atoms with Crippen LogP contribution in [0.2, 0.25) is 0 Å². The molecule has 0 aliphatic carbocycles. The van der Waals surface area contributed by atoms with Gasteiger partial charge in [-0.25, -0.2) is 4.79 Å². The number of anilines is 1. The molecule has 2 amide bonds. The Bertz CT molecular complexity index is 636. The van der Waals surface area contributed by atoms with Gasteiger partial charge in [0.25, 0.3) is 0 Å². The van der Waals surface area contributed by atoms with Gasteiger partial charge < -0.3 is 15.7 Å². The van der Waals surface area contributed by atoms with Crippen LogP contribution in [-0.4, -0.2) is 27.5 Å². The molecule has 1 heterocycles. The standard InChI is InChI=1S/C15H20N4O2/c1-10-4-5-13(11(2)6-10)18-15(21)16-8-14(20)12-7-17-19(3)9-12/h4-7,9,14,20H,8H2,1-3H3,(H2,16,18,21)/t14-/m0/s1. The molecule has 0 unspecified atom stereocenters. The Kier molecular flexibility index (Phi) is 4.59. The van der Waals surface area contributed by atoms with Crippen molar-refractivity contribution in [2.24, 2.45) is 7.05 Å². The van der Waals surface area contributed by atoms with Crippen LogP contribution in [0, 0.1) is 13.8 Å². The minimum Gasteiger partial charge on any atom is -0.386 e. The first kappa shape index (κ1) is 15.1. The van der Waals surface area contributed by atoms with E-state index in [0.29, 0.717) is 5.56 Å². The summed E-state index contributed by atoms with van der Waals surface area (Å²) >= 11 is 0. The summed E-state index contributed by atoms with van der Waals surface area (Å²) in [5.74, 6) is 0. The fourth-order valence-electron chi connectivity index (χ4n) is 2.04. The normalized spacial score (nSPS) is 12.0. The van der Waals surface area contributed by atoms with Crippen LogP contribution in [-0.2, 0) is 7.05 Å². The van der Waals surface area contributed by atoms with E-state index in [2.05, 4.69) is 15.7 Å². The van der Waals surface area contributed by atoms with E-state index in [4.69, 9.17) is 0 Å². The van der Waals surface area contributed by atoms with Gasteiger partial charge in [-0.2, -0.15) is 5.10 Å². The third-order valence-electron chi connectivity index (χ3n) is 3.20. The van der Waals surface area contributed by atoms with Crippen LogP contribution < -0.4 is 10.6 Å². The number of nitrogens with zero attached hydrogens (tertiary/aromatic N) is 2. The number of aliphatic hydroxyl groups excluding tert-OH is 1. The van der Waals surface area contributed by atoms with Crippen LogP contribution in [0.1, 0.15) is 22.8 Å². The molecule has 0 fully saturated rings. The topological polar surface area (TPSA) is 79.2 Å². The number of nitrogens with one attached hydrogen (secondary N) is 2. The monoisotopic (exact) mass is 288 g/mol. The molecule has 6 heteroatoms. The van der Waals surface area contributed by atoms with Crippen LogP contribution >= 0.6 is 0 Å². The third-order valence-corrected chi connectivity index (χ3v) is 3.20. The number of rotatable bonds is 4. The average molecular weight is 288 g/mol. The second-order valence-electron chi connectivity index (χ2n) is 5.12. The molecule has 0 bridgehead atoms. The van der Waals surface area contributed by atoms with Crippen LogP contribution in [0.25, 0.3) is 0 Å². The number of aliphatic hydroxyl groups is 1. The van der Waals surface area contributed by atoms with E-state index < -0.39 is 6.10 Å². The Morgan fingerprint density at radius 2 is 2.19 bits per heavy atom. The predicted molar refractivity (Wildman–Crippen MR) is 81.1 cm³/mol. The number of benzene rings is 1. The molecule has 0 radical (unpaired) electrons. The first-order valence-corrected chi connectivity index (χ1v) is 6.74. The van der Waals surface area contributed by atoms with Crippen molar-refractivity contribution in [1.29, 1.82) is 0 Å². The second-order valence-corrected chi connectivity index (χ2v) is 5.12. The number of aromatic nitrogens is 2. The summed E-state index contributed by atoms with van der Waals surface area (Å²) in [6, 6.07) is 5.46. The van der Waals surface area contributed by atoms with E-state index >= 15 is 0 Å². The molecule has 21 heavy (non-hydrogen) atoms. The predicted octanol–water partition coefficient (Wildman–Crippen LogP) is 1.89. The highest BCUT2D eigenvalue weighted by Gasteiger charge is 2.11. The van der Waals surface area contributed by atoms with E-state index in [1.54, 1.807) is 24.1 Å². The maximum atomic E-state index is 11.8. The Morgan fingerprint density at radius 1 is 1.43 bits per heavy atom. The molecule has 1 atom stereocenters. The summed E-state index contributed by atoms with van der Waals surface area (Å²) in [4.78, 5) is 11.8. The summed E-state index contributed by atoms with van der Waals surface area (Å²) < 4.78 is 1.61. The molecule has 6 nitrogen and oxygen atoms in total. The van der Waals surface area contributed by atoms with E-state index in [-0.39, 0.29) is 12.6 Å². The SMILES string of the molecule is Cc1ccc(NC(=O)NC[C@H](O)c2cnn(C)c2)c(C)c1. The lowest BCUT2D eigenvalue weighted by Gasteiger charge is -2.12. The minimum absolute atomic E-state index is 0.127. The lowest BCUT2D eigenvalue weighted by Crippen LogP contribution is -2.32. The molecule has 1 aromatic heterocycles. The first-order chi connectivity index (χ1) is 9.95. The van der Waals surface area contributed by atoms with E-state index in [9.17, 15) is 9.90 Å². The number of carbonyl (C=O) groups excluding carboxylic acids is 1. The summed E-state index contributed by atoms with van der Waals surface area (Å²) in [5.41, 5.74) is 3.57. The molecular weight excluding hydrogens is 268 g/mol. The fourth-order valence-corrected chi connectivity index (χ4v) is 2.04. The number of urea groups is 1. The zero-order chi connectivity index (χ0) is 15.4. The van der Waals surface area contributed by atoms with Gasteiger partial charge in [0, 0.05) is 31.0 Å². The van der Waals surface area contributed by atoms with Crippen molar-refractivity contribution in [3.8, 4) is 0 Å². The molecule has 1 aromatic carbocycles. The van der Waals surface area contributed by atoms with Gasteiger partial charge in [-0.05, 0) is 25.5 Å². The van der Waals surface area contributed by atoms with Crippen molar-refractivity contribution < 1.29 is 9.90 Å². The van der Waals surface area contributed by atoms with Crippen molar-refractivity contribution in [1.82, 2.24) is 15.1 Å². The highest BCUT2D eigenvalue weighted by Crippen LogP contribution is 2.16. The smallest absolute Gasteiger partial charge is 0.319 e. The molecule has 0 aliphatic heterocycles. The first-order valence-electron chi connectivity index (χ1n) is 6.74. The Morgan fingerprint density at radius 3 is 2.81 bits per heavy atom. The highest BCUT2D eigenvalue weighted by molar-refractivity contribution is 5.90. The van der Waals surface area contributed by atoms with Crippen molar-refractivity contribution in [3.63, 3.8) is 0 Å². The Labute approximate surface area is 123 Å². The number of carbonyl (C=O) groups is 1. The highest BCUT2D eigenvalue weighted by atomic mass is 16.3. The molecule has 2 rings (SSSR count). The molecular formula is C15H20N4O2. The van der Waals surface area contributed by atoms with E-state index in [1.807, 2.05) is 32.0 Å². The van der Waals surface area contributed by atoms with Gasteiger partial charge in [0.1, 0.15) is 0 Å². The lowest BCUT2D eigenvalue weighted by atomic mass is 10.1. The quantitative estimate of drug-likeness (QED) is 0.804. The van der Waals surface area contributed by atoms with Crippen molar-refractivity contribution in [2.45, 2.75) is 20.0 Å². The molecule has 0 aliphatic rings. The van der Waals surface area contributed by atoms with Gasteiger partial charge in [0.2, 0.25) is 0 Å². The zero-order valence-corrected chi connectivity index (χ0v) is 12.4. The average Bonchev–Trinajstić information content (AvgIpc) is 2.86. The fraction of sp³-hybridized carbons (Fsp3) is 0.333. The van der Waals surface area contributed by atoms with Gasteiger partial charge in [-0.15, -0.1) is 0 Å². The maximum Gasteiger partial charge on any atom is 0.319 e. The van der Waals surface area contributed by atoms with Crippen LogP contribution in [0.4, 0.5) is 10.5 Å². The van der Waals surface area contributed by atoms with Crippen LogP contribution in [0.3, 0.4) is 0 Å². The van der Waals surface area contributed by atoms with Crippen LogP contribution in [0.15, 0.2) is 30.6 Å². The molecule has 0 saturated carbocycles. The van der Waals surface area contributed by atoms with E-state index in [1.165, 1.54) is 0 Å². The number of hydrogen-bond donors (Lipinski definition) is 3. The molecule has 2 aromatic rings. The second kappa shape index (κ2) is 6.41. The minimum atomic E-state index is -0.774. The molecule has 3 N–H and O–H groups in total. The van der Waals surface area contributed by atoms with Crippen molar-refractivity contribution in [2.75, 3.05) is 11.9 Å². The Balaban J connectivity index is 1.87. The molecule has 112 valence electrons. The third kappa shape index (κ3) is 4.06. The van der Waals surface area contributed by atoms with Gasteiger partial charge in [0.05, 0.1) is 12.3 Å². The lowest BCUT2D eigenvalue weighted by molar-refractivity contribution is 0.175. The van der Waals surface area contributed by atoms with Gasteiger partial charge >= 0.3 is 6.03 Å². The van der Waals surface area contributed by atoms with E-state index in [0.717, 1.165) is 16.8 Å². The van der Waals surface area contributed by atoms with Gasteiger partial charge in [-0.3, -0.25) is 4.68 Å². The summed E-state index contributed by atoms with van der Waals surface area (Å²) in [5, 5.41) is 19.3. The maximum absolute atomic E-state index is 11.8. The van der Waals surface area contributed by atoms with Gasteiger partial charge in [0.15, 0.2) is 0 Å². The molecule has 0 spiro atoms.